The quantitative estimate of drug-likeness (QED) is 0.671. The molecule has 4 rings (SSSR count). The summed E-state index contributed by atoms with van der Waals surface area (Å²) in [6, 6.07) is 9.43. The number of carbonyl (C=O) groups excluding carboxylic acids is 1. The third-order valence-corrected chi connectivity index (χ3v) is 4.80. The molecule has 0 bridgehead atoms. The molecule has 2 aromatic heterocycles. The first-order valence-electron chi connectivity index (χ1n) is 9.16. The number of anilines is 1. The summed E-state index contributed by atoms with van der Waals surface area (Å²) in [7, 11) is 1.37. The van der Waals surface area contributed by atoms with Crippen molar-refractivity contribution < 1.29 is 19.4 Å². The number of fused-ring (bicyclic) bond motifs is 1. The number of aliphatic hydroxyl groups is 1. The van der Waals surface area contributed by atoms with Gasteiger partial charge in [0.15, 0.2) is 11.6 Å². The van der Waals surface area contributed by atoms with E-state index in [9.17, 15) is 9.90 Å². The predicted molar refractivity (Wildman–Crippen MR) is 104 cm³/mol. The lowest BCUT2D eigenvalue weighted by molar-refractivity contribution is -0.141. The summed E-state index contributed by atoms with van der Waals surface area (Å²) in [6.45, 7) is 2.73. The Morgan fingerprint density at radius 1 is 1.25 bits per heavy atom. The summed E-state index contributed by atoms with van der Waals surface area (Å²) in [6.07, 6.45) is 1.83. The van der Waals surface area contributed by atoms with Crippen LogP contribution in [0.2, 0.25) is 0 Å². The fourth-order valence-corrected chi connectivity index (χ4v) is 3.36. The van der Waals surface area contributed by atoms with Gasteiger partial charge in [0.1, 0.15) is 12.1 Å². The summed E-state index contributed by atoms with van der Waals surface area (Å²) in [4.78, 5) is 23.5. The van der Waals surface area contributed by atoms with Crippen molar-refractivity contribution >= 4 is 22.8 Å². The van der Waals surface area contributed by atoms with Gasteiger partial charge in [0, 0.05) is 24.8 Å². The van der Waals surface area contributed by atoms with E-state index in [4.69, 9.17) is 19.4 Å². The van der Waals surface area contributed by atoms with Gasteiger partial charge in [0.05, 0.1) is 32.4 Å². The maximum Gasteiger partial charge on any atom is 0.325 e. The number of aromatic nitrogens is 3. The predicted octanol–water partition coefficient (Wildman–Crippen LogP) is 1.60. The van der Waals surface area contributed by atoms with Crippen LogP contribution in [-0.4, -0.2) is 59.0 Å². The topological polar surface area (TPSA) is 89.7 Å². The number of aliphatic hydroxyl groups excluding tert-OH is 1. The van der Waals surface area contributed by atoms with Crippen molar-refractivity contribution in [3.63, 3.8) is 0 Å². The minimum absolute atomic E-state index is 0.0398. The van der Waals surface area contributed by atoms with Crippen LogP contribution in [0.3, 0.4) is 0 Å². The molecule has 0 saturated carbocycles. The Morgan fingerprint density at radius 3 is 2.82 bits per heavy atom. The average Bonchev–Trinajstić information content (AvgIpc) is 3.16. The molecule has 3 heterocycles. The lowest BCUT2D eigenvalue weighted by Gasteiger charge is -2.29. The first kappa shape index (κ1) is 18.4. The minimum atomic E-state index is -0.329. The van der Waals surface area contributed by atoms with Crippen molar-refractivity contribution in [2.45, 2.75) is 13.2 Å². The van der Waals surface area contributed by atoms with Crippen LogP contribution in [-0.2, 0) is 27.4 Å². The van der Waals surface area contributed by atoms with Crippen LogP contribution in [0, 0.1) is 0 Å². The summed E-state index contributed by atoms with van der Waals surface area (Å²) >= 11 is 0. The molecule has 8 nitrogen and oxygen atoms in total. The molecule has 28 heavy (non-hydrogen) atoms. The molecule has 0 amide bonds. The van der Waals surface area contributed by atoms with Gasteiger partial charge in [-0.25, -0.2) is 9.97 Å². The molecular weight excluding hydrogens is 360 g/mol. The number of carbonyl (C=O) groups is 1. The van der Waals surface area contributed by atoms with Crippen LogP contribution in [0.25, 0.3) is 22.4 Å². The fourth-order valence-electron chi connectivity index (χ4n) is 3.36. The molecule has 1 aromatic carbocycles. The van der Waals surface area contributed by atoms with E-state index in [2.05, 4.69) is 4.90 Å². The molecule has 0 spiro atoms. The largest absolute Gasteiger partial charge is 0.468 e. The number of ether oxygens (including phenoxy) is 2. The van der Waals surface area contributed by atoms with Crippen LogP contribution in [0.5, 0.6) is 0 Å². The van der Waals surface area contributed by atoms with E-state index < -0.39 is 0 Å². The maximum absolute atomic E-state index is 11.8. The van der Waals surface area contributed by atoms with Gasteiger partial charge in [0.2, 0.25) is 0 Å². The van der Waals surface area contributed by atoms with Crippen molar-refractivity contribution in [3.05, 3.63) is 42.1 Å². The highest BCUT2D eigenvalue weighted by atomic mass is 16.5. The molecule has 1 fully saturated rings. The van der Waals surface area contributed by atoms with Gasteiger partial charge in [-0.1, -0.05) is 18.2 Å². The number of hydrogen-bond donors (Lipinski definition) is 1. The van der Waals surface area contributed by atoms with Crippen molar-refractivity contribution in [2.24, 2.45) is 0 Å². The van der Waals surface area contributed by atoms with Gasteiger partial charge < -0.3 is 24.0 Å². The van der Waals surface area contributed by atoms with Crippen LogP contribution >= 0.6 is 0 Å². The highest BCUT2D eigenvalue weighted by molar-refractivity contribution is 5.90. The number of rotatable bonds is 5. The lowest BCUT2D eigenvalue weighted by Crippen LogP contribution is -2.37. The van der Waals surface area contributed by atoms with Gasteiger partial charge in [0.25, 0.3) is 0 Å². The molecule has 1 aliphatic rings. The number of morpholine rings is 1. The number of hydrogen-bond acceptors (Lipinski definition) is 7. The van der Waals surface area contributed by atoms with Crippen molar-refractivity contribution in [1.82, 2.24) is 14.5 Å². The molecule has 8 heteroatoms. The molecule has 0 unspecified atom stereocenters. The Labute approximate surface area is 162 Å². The molecule has 1 saturated heterocycles. The minimum Gasteiger partial charge on any atom is -0.468 e. The van der Waals surface area contributed by atoms with Crippen LogP contribution in [0.1, 0.15) is 5.56 Å². The molecule has 0 atom stereocenters. The van der Waals surface area contributed by atoms with E-state index in [1.165, 1.54) is 7.11 Å². The Kier molecular flexibility index (Phi) is 5.23. The summed E-state index contributed by atoms with van der Waals surface area (Å²) < 4.78 is 12.1. The first-order valence-corrected chi connectivity index (χ1v) is 9.16. The zero-order valence-corrected chi connectivity index (χ0v) is 15.7. The number of nitrogens with zero attached hydrogens (tertiary/aromatic N) is 4. The molecule has 3 aromatic rings. The molecule has 1 aliphatic heterocycles. The SMILES string of the molecule is COC(=O)Cn1ccc2nc(-c3cccc(CO)c3)nc(N3CCOCC3)c21. The normalized spacial score (nSPS) is 14.4. The van der Waals surface area contributed by atoms with E-state index >= 15 is 0 Å². The van der Waals surface area contributed by atoms with Gasteiger partial charge >= 0.3 is 5.97 Å². The number of esters is 1. The van der Waals surface area contributed by atoms with Crippen molar-refractivity contribution in [3.8, 4) is 11.4 Å². The Morgan fingerprint density at radius 2 is 2.07 bits per heavy atom. The van der Waals surface area contributed by atoms with E-state index in [-0.39, 0.29) is 19.1 Å². The third-order valence-electron chi connectivity index (χ3n) is 4.80. The van der Waals surface area contributed by atoms with E-state index in [0.29, 0.717) is 32.1 Å². The molecule has 0 aliphatic carbocycles. The van der Waals surface area contributed by atoms with Gasteiger partial charge in [-0.3, -0.25) is 4.79 Å². The van der Waals surface area contributed by atoms with Gasteiger partial charge in [-0.15, -0.1) is 0 Å². The Hall–Kier alpha value is -2.97. The molecule has 1 N–H and O–H groups in total. The fraction of sp³-hybridized carbons (Fsp3) is 0.350. The van der Waals surface area contributed by atoms with E-state index in [1.807, 2.05) is 41.1 Å². The Balaban J connectivity index is 1.85. The number of benzene rings is 1. The van der Waals surface area contributed by atoms with E-state index in [1.54, 1.807) is 0 Å². The maximum atomic E-state index is 11.8. The monoisotopic (exact) mass is 382 g/mol. The zero-order chi connectivity index (χ0) is 19.5. The standard InChI is InChI=1S/C20H22N4O4/c1-27-17(26)12-24-6-5-16-18(24)20(23-7-9-28-10-8-23)22-19(21-16)15-4-2-3-14(11-15)13-25/h2-6,11,25H,7-10,12-13H2,1H3. The first-order chi connectivity index (χ1) is 13.7. The number of methoxy groups -OCH3 is 1. The molecule has 146 valence electrons. The van der Waals surface area contributed by atoms with Crippen molar-refractivity contribution in [2.75, 3.05) is 38.3 Å². The summed E-state index contributed by atoms with van der Waals surface area (Å²) in [5, 5.41) is 9.44. The van der Waals surface area contributed by atoms with Crippen LogP contribution in [0.15, 0.2) is 36.5 Å². The second kappa shape index (κ2) is 7.95. The van der Waals surface area contributed by atoms with Crippen LogP contribution < -0.4 is 4.90 Å². The molecule has 0 radical (unpaired) electrons. The van der Waals surface area contributed by atoms with Crippen LogP contribution in [0.4, 0.5) is 5.82 Å². The molecular formula is C20H22N4O4. The van der Waals surface area contributed by atoms with Gasteiger partial charge in [-0.2, -0.15) is 0 Å². The second-order valence-electron chi connectivity index (χ2n) is 6.58. The zero-order valence-electron chi connectivity index (χ0n) is 15.7. The van der Waals surface area contributed by atoms with Gasteiger partial charge in [-0.05, 0) is 17.7 Å². The third kappa shape index (κ3) is 3.56. The average molecular weight is 382 g/mol. The van der Waals surface area contributed by atoms with Crippen molar-refractivity contribution in [1.29, 1.82) is 0 Å². The highest BCUT2D eigenvalue weighted by Crippen LogP contribution is 2.29. The smallest absolute Gasteiger partial charge is 0.325 e. The highest BCUT2D eigenvalue weighted by Gasteiger charge is 2.21. The summed E-state index contributed by atoms with van der Waals surface area (Å²) in [5.74, 6) is 1.02. The Bertz CT molecular complexity index is 995. The second-order valence-corrected chi connectivity index (χ2v) is 6.58. The van der Waals surface area contributed by atoms with E-state index in [0.717, 1.165) is 28.0 Å². The summed E-state index contributed by atoms with van der Waals surface area (Å²) in [5.41, 5.74) is 3.19. The lowest BCUT2D eigenvalue weighted by atomic mass is 10.1.